The molecule has 46 valence electrons. The van der Waals surface area contributed by atoms with Gasteiger partial charge in [-0.3, -0.25) is 4.46 Å². The van der Waals surface area contributed by atoms with E-state index in [0.717, 1.165) is 0 Å². The zero-order chi connectivity index (χ0) is 3.58. The molecule has 0 aliphatic heterocycles. The van der Waals surface area contributed by atoms with Crippen molar-refractivity contribution >= 4 is 87.3 Å². The maximum atomic E-state index is 8.74. The molecular formula is H11AlCaMgO4Si. The first kappa shape index (κ1) is 32.1. The van der Waals surface area contributed by atoms with E-state index in [4.69, 9.17) is 14.1 Å². The smallest absolute Gasteiger partial charge is 0.316 e. The molecule has 4 N–H and O–H groups in total. The van der Waals surface area contributed by atoms with Crippen LogP contribution in [-0.4, -0.2) is 102 Å². The fourth-order valence-electron chi connectivity index (χ4n) is 0. The number of hydrogen-bond donors (Lipinski definition) is 2. The van der Waals surface area contributed by atoms with Crippen LogP contribution in [-0.2, 0) is 4.46 Å². The molecule has 0 spiro atoms. The van der Waals surface area contributed by atoms with Gasteiger partial charge in [0.1, 0.15) is 0 Å². The maximum Gasteiger partial charge on any atom is 0.316 e. The molecule has 0 saturated carbocycles. The minimum atomic E-state index is -3.13. The Morgan fingerprint density at radius 3 is 1.25 bits per heavy atom. The molecule has 0 aromatic heterocycles. The van der Waals surface area contributed by atoms with E-state index in [-0.39, 0.29) is 83.6 Å². The summed E-state index contributed by atoms with van der Waals surface area (Å²) in [6, 6.07) is 0. The van der Waals surface area contributed by atoms with Gasteiger partial charge in [-0.25, -0.2) is 0 Å². The van der Waals surface area contributed by atoms with Gasteiger partial charge in [-0.15, -0.1) is 0 Å². The predicted molar refractivity (Wildman–Crippen MR) is 41.5 cm³/mol. The van der Waals surface area contributed by atoms with Crippen LogP contribution in [0.5, 0.6) is 0 Å². The summed E-state index contributed by atoms with van der Waals surface area (Å²) in [4.78, 5) is 14.3. The largest absolute Gasteiger partial charge is 0.316 e. The normalized spacial score (nSPS) is 3.00. The molecule has 0 amide bonds. The molecule has 0 aliphatic carbocycles. The van der Waals surface area contributed by atoms with Crippen molar-refractivity contribution in [1.82, 2.24) is 0 Å². The molecule has 0 rings (SSSR count). The molecule has 0 bridgehead atoms. The standard InChI is InChI=1S/Al.Ca.Mg.H2O3Si.H2O.7H/c;;;1-4(2)3;;;;;;;;/h;;;1-2H;1H2;;;;;;;. The average Bonchev–Trinajstić information content (AvgIpc) is 0.811. The molecule has 0 fully saturated rings. The zero-order valence-electron chi connectivity index (χ0n) is 2.30. The van der Waals surface area contributed by atoms with Crippen LogP contribution in [0.4, 0.5) is 0 Å². The molecule has 0 aromatic rings. The quantitative estimate of drug-likeness (QED) is 0.377. The summed E-state index contributed by atoms with van der Waals surface area (Å²) in [6.07, 6.45) is 0. The van der Waals surface area contributed by atoms with E-state index in [1.54, 1.807) is 0 Å². The van der Waals surface area contributed by atoms with Crippen molar-refractivity contribution in [3.63, 3.8) is 0 Å². The summed E-state index contributed by atoms with van der Waals surface area (Å²) >= 11 is 0. The van der Waals surface area contributed by atoms with Gasteiger partial charge in [-0.1, -0.05) is 0 Å². The van der Waals surface area contributed by atoms with Gasteiger partial charge in [0.25, 0.3) is 0 Å². The van der Waals surface area contributed by atoms with Gasteiger partial charge in [0.2, 0.25) is 0 Å². The molecule has 0 atom stereocenters. The number of rotatable bonds is 0. The minimum Gasteiger partial charge on any atom is 0.316 e. The molecule has 0 unspecified atom stereocenters. The fraction of sp³-hybridized carbons (Fsp3) is 0. The van der Waals surface area contributed by atoms with E-state index >= 15 is 0 Å². The Labute approximate surface area is 105 Å². The second-order valence-electron chi connectivity index (χ2n) is 0.283. The molecule has 8 heavy (non-hydrogen) atoms. The molecule has 8 heteroatoms. The van der Waals surface area contributed by atoms with Crippen LogP contribution in [0, 0.1) is 0 Å². The Kier molecular flexibility index (Phi) is 91.9. The first-order valence-corrected chi connectivity index (χ1v) is 1.95. The maximum absolute atomic E-state index is 8.74. The van der Waals surface area contributed by atoms with Crippen molar-refractivity contribution in [2.75, 3.05) is 0 Å². The van der Waals surface area contributed by atoms with E-state index in [1.165, 1.54) is 0 Å². The third-order valence-electron chi connectivity index (χ3n) is 0. The van der Waals surface area contributed by atoms with Crippen LogP contribution in [0.25, 0.3) is 0 Å². The zero-order valence-corrected chi connectivity index (χ0v) is 3.30. The van der Waals surface area contributed by atoms with E-state index in [9.17, 15) is 0 Å². The van der Waals surface area contributed by atoms with Crippen LogP contribution in [0.2, 0.25) is 0 Å². The van der Waals surface area contributed by atoms with Crippen molar-refractivity contribution in [1.29, 1.82) is 0 Å². The molecule has 0 heterocycles. The molecular weight excluding hydrogens is 183 g/mol. The van der Waals surface area contributed by atoms with Crippen molar-refractivity contribution in [2.24, 2.45) is 0 Å². The van der Waals surface area contributed by atoms with Gasteiger partial charge >= 0.3 is 70.0 Å². The monoisotopic (exact) mass is 194 g/mol. The van der Waals surface area contributed by atoms with Gasteiger partial charge in [0, 0.05) is 0 Å². The summed E-state index contributed by atoms with van der Waals surface area (Å²) in [5.74, 6) is 0. The molecule has 0 saturated heterocycles. The summed E-state index contributed by atoms with van der Waals surface area (Å²) in [5.41, 5.74) is 0. The van der Waals surface area contributed by atoms with Crippen LogP contribution in [0.1, 0.15) is 0 Å². The first-order chi connectivity index (χ1) is 1.73. The summed E-state index contributed by atoms with van der Waals surface area (Å²) in [5, 5.41) is 0. The molecule has 0 radical (unpaired) electrons. The van der Waals surface area contributed by atoms with Crippen molar-refractivity contribution < 1.29 is 19.5 Å². The fourth-order valence-corrected chi connectivity index (χ4v) is 0. The molecule has 0 aliphatic rings. The Morgan fingerprint density at radius 1 is 1.25 bits per heavy atom. The molecule has 4 nitrogen and oxygen atoms in total. The average molecular weight is 195 g/mol. The van der Waals surface area contributed by atoms with Gasteiger partial charge in [-0.2, -0.15) is 0 Å². The third kappa shape index (κ3) is 90.8. The van der Waals surface area contributed by atoms with E-state index < -0.39 is 9.17 Å². The Hall–Kier alpha value is 2.14. The van der Waals surface area contributed by atoms with E-state index in [0.29, 0.717) is 0 Å². The Morgan fingerprint density at radius 2 is 1.25 bits per heavy atom. The second kappa shape index (κ2) is 22.9. The van der Waals surface area contributed by atoms with Crippen molar-refractivity contribution in [3.8, 4) is 0 Å². The van der Waals surface area contributed by atoms with E-state index in [1.807, 2.05) is 0 Å². The minimum absolute atomic E-state index is 0. The third-order valence-corrected chi connectivity index (χ3v) is 0. The predicted octanol–water partition coefficient (Wildman–Crippen LogP) is -5.45. The summed E-state index contributed by atoms with van der Waals surface area (Å²) < 4.78 is 8.74. The Balaban J connectivity index is -0.00000000750. The van der Waals surface area contributed by atoms with Crippen molar-refractivity contribution in [2.45, 2.75) is 0 Å². The van der Waals surface area contributed by atoms with E-state index in [2.05, 4.69) is 0 Å². The van der Waals surface area contributed by atoms with Crippen LogP contribution >= 0.6 is 0 Å². The van der Waals surface area contributed by atoms with Gasteiger partial charge < -0.3 is 15.1 Å². The van der Waals surface area contributed by atoms with Crippen LogP contribution in [0.15, 0.2) is 0 Å². The van der Waals surface area contributed by atoms with Gasteiger partial charge in [0.05, 0.1) is 0 Å². The molecule has 0 aromatic carbocycles. The van der Waals surface area contributed by atoms with Gasteiger partial charge in [0.15, 0.2) is 17.4 Å². The van der Waals surface area contributed by atoms with Crippen LogP contribution in [0.3, 0.4) is 0 Å². The van der Waals surface area contributed by atoms with Gasteiger partial charge in [-0.05, 0) is 0 Å². The van der Waals surface area contributed by atoms with Crippen LogP contribution < -0.4 is 0 Å². The topological polar surface area (TPSA) is 89.0 Å². The Bertz CT molecular complexity index is 39.0. The van der Waals surface area contributed by atoms with Crippen molar-refractivity contribution in [3.05, 3.63) is 0 Å². The number of hydrogen-bond acceptors (Lipinski definition) is 1. The SMILES string of the molecule is O.O=[Si](O)O.[AlH3].[CaH2].[MgH2]. The summed E-state index contributed by atoms with van der Waals surface area (Å²) in [6.45, 7) is 0. The first-order valence-electron chi connectivity index (χ1n) is 0.651. The second-order valence-corrected chi connectivity index (χ2v) is 0.848. The summed E-state index contributed by atoms with van der Waals surface area (Å²) in [7, 11) is -3.13.